The molecule has 0 amide bonds. The topological polar surface area (TPSA) is 49.4 Å². The maximum absolute atomic E-state index is 10.4. The van der Waals surface area contributed by atoms with Gasteiger partial charge in [-0.05, 0) is 6.42 Å². The van der Waals surface area contributed by atoms with Crippen LogP contribution in [0, 0.1) is 0 Å². The molecule has 0 aromatic carbocycles. The van der Waals surface area contributed by atoms with Crippen molar-refractivity contribution in [3.8, 4) is 0 Å². The summed E-state index contributed by atoms with van der Waals surface area (Å²) in [5, 5.41) is 0. The highest BCUT2D eigenvalue weighted by atomic mass is 31.1. The zero-order valence-electron chi connectivity index (χ0n) is 15.4. The van der Waals surface area contributed by atoms with E-state index in [-0.39, 0.29) is 6.16 Å². The third-order valence-corrected chi connectivity index (χ3v) is 4.95. The molecule has 1 unspecified atom stereocenters. The number of rotatable bonds is 19. The molecule has 0 rings (SSSR count). The maximum Gasteiger partial charge on any atom is 0.308 e. The molecule has 3 nitrogen and oxygen atoms in total. The summed E-state index contributed by atoms with van der Waals surface area (Å²) in [5.41, 5.74) is 0. The lowest BCUT2D eigenvalue weighted by atomic mass is 10.0. The van der Waals surface area contributed by atoms with Crippen molar-refractivity contribution in [1.82, 2.24) is 0 Å². The van der Waals surface area contributed by atoms with Gasteiger partial charge in [-0.25, -0.2) is 0 Å². The average molecular weight is 346 g/mol. The molecule has 0 saturated heterocycles. The first-order chi connectivity index (χ1) is 11.3. The summed E-state index contributed by atoms with van der Waals surface area (Å²) < 4.78 is 15.8. The van der Waals surface area contributed by atoms with Crippen LogP contribution >= 0.6 is 8.03 Å². The van der Waals surface area contributed by atoms with E-state index in [4.69, 9.17) is 4.74 Å². The van der Waals surface area contributed by atoms with Crippen LogP contribution < -0.4 is 4.89 Å². The van der Waals surface area contributed by atoms with Gasteiger partial charge >= 0.3 is 8.03 Å². The van der Waals surface area contributed by atoms with Crippen LogP contribution in [0.25, 0.3) is 0 Å². The zero-order chi connectivity index (χ0) is 17.0. The predicted molar refractivity (Wildman–Crippen MR) is 98.2 cm³/mol. The van der Waals surface area contributed by atoms with Crippen molar-refractivity contribution in [2.24, 2.45) is 0 Å². The fourth-order valence-corrected chi connectivity index (χ4v) is 3.18. The second-order valence-electron chi connectivity index (χ2n) is 6.62. The van der Waals surface area contributed by atoms with E-state index in [1.807, 2.05) is 0 Å². The molecule has 138 valence electrons. The molecule has 0 heterocycles. The first-order valence-corrected chi connectivity index (χ1v) is 11.3. The Hall–Kier alpha value is 0.0200. The molecule has 0 fully saturated rings. The van der Waals surface area contributed by atoms with Crippen molar-refractivity contribution in [2.75, 3.05) is 19.4 Å². The fourth-order valence-electron chi connectivity index (χ4n) is 2.80. The van der Waals surface area contributed by atoms with Crippen LogP contribution in [0.4, 0.5) is 0 Å². The van der Waals surface area contributed by atoms with E-state index in [0.29, 0.717) is 13.0 Å². The Morgan fingerprint density at radius 1 is 0.652 bits per heavy atom. The number of ether oxygens (including phenoxy) is 1. The van der Waals surface area contributed by atoms with Gasteiger partial charge in [0.2, 0.25) is 0 Å². The molecule has 0 aliphatic rings. The van der Waals surface area contributed by atoms with Crippen LogP contribution in [0.1, 0.15) is 103 Å². The Morgan fingerprint density at radius 3 is 1.48 bits per heavy atom. The van der Waals surface area contributed by atoms with Gasteiger partial charge in [0, 0.05) is 13.0 Å². The number of unbranched alkanes of at least 4 members (excludes halogenated alkanes) is 13. The third kappa shape index (κ3) is 22.0. The molecule has 0 bridgehead atoms. The SMILES string of the molecule is CCCCCCCCCCCCCCCCOCCC[P+](=O)[O-]. The van der Waals surface area contributed by atoms with Gasteiger partial charge in [-0.3, -0.25) is 0 Å². The van der Waals surface area contributed by atoms with Gasteiger partial charge in [0.1, 0.15) is 6.16 Å². The Labute approximate surface area is 145 Å². The minimum absolute atomic E-state index is 0.258. The zero-order valence-corrected chi connectivity index (χ0v) is 16.3. The second-order valence-corrected chi connectivity index (χ2v) is 7.73. The molecular formula is C19H39O3P. The Morgan fingerprint density at radius 2 is 1.04 bits per heavy atom. The first-order valence-electron chi connectivity index (χ1n) is 9.97. The quantitative estimate of drug-likeness (QED) is 0.214. The largest absolute Gasteiger partial charge is 0.596 e. The Kier molecular flexibility index (Phi) is 20.1. The highest BCUT2D eigenvalue weighted by Gasteiger charge is 1.99. The number of hydrogen-bond donors (Lipinski definition) is 0. The molecule has 0 radical (unpaired) electrons. The van der Waals surface area contributed by atoms with Crippen LogP contribution in [0.3, 0.4) is 0 Å². The fraction of sp³-hybridized carbons (Fsp3) is 1.00. The summed E-state index contributed by atoms with van der Waals surface area (Å²) in [6, 6.07) is 0. The molecule has 0 spiro atoms. The molecule has 0 aliphatic heterocycles. The lowest BCUT2D eigenvalue weighted by molar-refractivity contribution is -0.164. The predicted octanol–water partition coefficient (Wildman–Crippen LogP) is 5.98. The second kappa shape index (κ2) is 20.1. The van der Waals surface area contributed by atoms with Crippen molar-refractivity contribution in [3.05, 3.63) is 0 Å². The molecule has 1 atom stereocenters. The van der Waals surface area contributed by atoms with Gasteiger partial charge in [-0.15, -0.1) is 0 Å². The standard InChI is InChI=1S/C19H39O3P/c1-2-3-4-5-6-7-8-9-10-11-12-13-14-15-17-22-18-16-19-23(20)21/h2-19H2,1H3. The van der Waals surface area contributed by atoms with Crippen LogP contribution in [-0.4, -0.2) is 19.4 Å². The summed E-state index contributed by atoms with van der Waals surface area (Å²) >= 11 is 0. The average Bonchev–Trinajstić information content (AvgIpc) is 2.53. The van der Waals surface area contributed by atoms with E-state index in [2.05, 4.69) is 6.92 Å². The number of hydrogen-bond acceptors (Lipinski definition) is 3. The highest BCUT2D eigenvalue weighted by Crippen LogP contribution is 2.13. The van der Waals surface area contributed by atoms with Crippen molar-refractivity contribution in [3.63, 3.8) is 0 Å². The van der Waals surface area contributed by atoms with E-state index < -0.39 is 8.03 Å². The minimum atomic E-state index is -2.22. The van der Waals surface area contributed by atoms with Crippen molar-refractivity contribution in [2.45, 2.75) is 103 Å². The van der Waals surface area contributed by atoms with Gasteiger partial charge in [0.05, 0.1) is 6.61 Å². The van der Waals surface area contributed by atoms with E-state index in [0.717, 1.165) is 13.0 Å². The van der Waals surface area contributed by atoms with E-state index >= 15 is 0 Å². The van der Waals surface area contributed by atoms with Crippen LogP contribution in [0.2, 0.25) is 0 Å². The Balaban J connectivity index is 2.96. The minimum Gasteiger partial charge on any atom is -0.596 e. The van der Waals surface area contributed by atoms with Crippen molar-refractivity contribution >= 4 is 8.03 Å². The van der Waals surface area contributed by atoms with Crippen molar-refractivity contribution in [1.29, 1.82) is 0 Å². The maximum atomic E-state index is 10.4. The monoisotopic (exact) mass is 346 g/mol. The lowest BCUT2D eigenvalue weighted by Crippen LogP contribution is -2.00. The summed E-state index contributed by atoms with van der Waals surface area (Å²) in [6.45, 7) is 3.64. The summed E-state index contributed by atoms with van der Waals surface area (Å²) in [4.78, 5) is 10.4. The molecule has 23 heavy (non-hydrogen) atoms. The smallest absolute Gasteiger partial charge is 0.308 e. The summed E-state index contributed by atoms with van der Waals surface area (Å²) in [5.74, 6) is 0. The van der Waals surface area contributed by atoms with Crippen LogP contribution in [0.5, 0.6) is 0 Å². The molecule has 4 heteroatoms. The first kappa shape index (κ1) is 23.0. The molecule has 0 aromatic heterocycles. The summed E-state index contributed by atoms with van der Waals surface area (Å²) in [6.07, 6.45) is 20.0. The van der Waals surface area contributed by atoms with E-state index in [9.17, 15) is 9.46 Å². The Bertz CT molecular complexity index is 247. The molecular weight excluding hydrogens is 307 g/mol. The lowest BCUT2D eigenvalue weighted by Gasteiger charge is -2.04. The van der Waals surface area contributed by atoms with Gasteiger partial charge in [0.15, 0.2) is 0 Å². The summed E-state index contributed by atoms with van der Waals surface area (Å²) in [7, 11) is -2.22. The molecule has 0 aliphatic carbocycles. The van der Waals surface area contributed by atoms with Crippen LogP contribution in [-0.2, 0) is 9.30 Å². The van der Waals surface area contributed by atoms with Gasteiger partial charge in [-0.1, -0.05) is 95.0 Å². The van der Waals surface area contributed by atoms with Crippen LogP contribution in [0.15, 0.2) is 0 Å². The third-order valence-electron chi connectivity index (χ3n) is 4.27. The van der Waals surface area contributed by atoms with E-state index in [1.165, 1.54) is 83.5 Å². The highest BCUT2D eigenvalue weighted by molar-refractivity contribution is 7.36. The molecule has 0 saturated carbocycles. The normalized spacial score (nSPS) is 11.8. The van der Waals surface area contributed by atoms with Crippen molar-refractivity contribution < 1.29 is 14.2 Å². The molecule has 0 aromatic rings. The molecule has 0 N–H and O–H groups in total. The van der Waals surface area contributed by atoms with Gasteiger partial charge in [0.25, 0.3) is 0 Å². The van der Waals surface area contributed by atoms with Gasteiger partial charge in [-0.2, -0.15) is 0 Å². The van der Waals surface area contributed by atoms with E-state index in [1.54, 1.807) is 0 Å². The van der Waals surface area contributed by atoms with Gasteiger partial charge < -0.3 is 9.63 Å².